The number of pyridine rings is 3. The molecule has 0 spiro atoms. The van der Waals surface area contributed by atoms with E-state index in [0.717, 1.165) is 11.1 Å². The number of aromatic nitrogens is 3. The van der Waals surface area contributed by atoms with E-state index >= 15 is 0 Å². The Balaban J connectivity index is 0.00000104. The second-order valence-electron chi connectivity index (χ2n) is 9.06. The number of carbonyl (C=O) groups is 2. The molecule has 0 atom stereocenters. The zero-order valence-corrected chi connectivity index (χ0v) is 27.7. The van der Waals surface area contributed by atoms with Crippen LogP contribution in [0.25, 0.3) is 45.7 Å². The first-order valence-corrected chi connectivity index (χ1v) is 20.1. The fourth-order valence-electron chi connectivity index (χ4n) is 4.23. The third-order valence-corrected chi connectivity index (χ3v) is 6.16. The van der Waals surface area contributed by atoms with Gasteiger partial charge in [0.1, 0.15) is 0 Å². The number of benzene rings is 2. The molecule has 2 aromatic carbocycles. The molecule has 0 fully saturated rings. The van der Waals surface area contributed by atoms with Gasteiger partial charge < -0.3 is 9.47 Å². The van der Waals surface area contributed by atoms with Crippen LogP contribution in [0.3, 0.4) is 0 Å². The molecule has 227 valence electrons. The Kier molecular flexibility index (Phi) is 12.4. The first kappa shape index (κ1) is 33.2. The standard InChI is InChI=1S/C33H27N3O4.3ClH.Ru/c1-3-39-32(37)26-14-16-35-29(19-26)31-21-27(33(38)40-4-2)20-30(36-31)28-18-23(13-15-34-28)10-9-22-11-12-24-7-5-6-8-25(24)17-22;;;;/h5-21H,3-4H2,1-2H3;3*1H;/q;;;;+3/p-3/b10-9+;;;;. The van der Waals surface area contributed by atoms with Gasteiger partial charge in [0.05, 0.1) is 47.1 Å². The van der Waals surface area contributed by atoms with Crippen molar-refractivity contribution in [3.05, 3.63) is 114 Å². The van der Waals surface area contributed by atoms with E-state index in [0.29, 0.717) is 33.9 Å². The van der Waals surface area contributed by atoms with E-state index in [4.69, 9.17) is 43.5 Å². The van der Waals surface area contributed by atoms with E-state index in [2.05, 4.69) is 40.3 Å². The van der Waals surface area contributed by atoms with Crippen LogP contribution in [0.5, 0.6) is 0 Å². The normalized spacial score (nSPS) is 11.1. The second kappa shape index (κ2) is 16.4. The summed E-state index contributed by atoms with van der Waals surface area (Å²) < 4.78 is 10.4. The predicted molar refractivity (Wildman–Crippen MR) is 173 cm³/mol. The summed E-state index contributed by atoms with van der Waals surface area (Å²) in [6.07, 6.45) is 7.27. The molecule has 0 unspecified atom stereocenters. The van der Waals surface area contributed by atoms with E-state index in [1.165, 1.54) is 17.0 Å². The molecule has 0 amide bonds. The van der Waals surface area contributed by atoms with Crippen LogP contribution in [0.1, 0.15) is 45.7 Å². The molecule has 0 aliphatic carbocycles. The molecule has 0 saturated carbocycles. The Labute approximate surface area is 272 Å². The number of carbonyl (C=O) groups excluding carboxylic acids is 2. The minimum absolute atomic E-state index is 0.232. The number of rotatable bonds is 8. The van der Waals surface area contributed by atoms with Gasteiger partial charge in [0.25, 0.3) is 0 Å². The molecule has 7 nitrogen and oxygen atoms in total. The van der Waals surface area contributed by atoms with Gasteiger partial charge in [0.15, 0.2) is 0 Å². The SMILES string of the molecule is CCOC(=O)c1ccnc(-c2cc(C(=O)OCC)cc(-c3cc(/C=C/c4ccc5ccccc5c4)ccn3)n2)c1.[Cl][Ru]([Cl])[Cl]. The summed E-state index contributed by atoms with van der Waals surface area (Å²) in [6, 6.07) is 24.8. The number of nitrogens with zero attached hydrogens (tertiary/aromatic N) is 3. The van der Waals surface area contributed by atoms with Gasteiger partial charge in [0, 0.05) is 12.4 Å². The molecule has 0 aliphatic rings. The van der Waals surface area contributed by atoms with Crippen molar-refractivity contribution in [1.82, 2.24) is 15.0 Å². The Morgan fingerprint density at radius 1 is 0.659 bits per heavy atom. The van der Waals surface area contributed by atoms with Crippen molar-refractivity contribution in [2.75, 3.05) is 13.2 Å². The first-order valence-electron chi connectivity index (χ1n) is 13.4. The molecule has 44 heavy (non-hydrogen) atoms. The summed E-state index contributed by atoms with van der Waals surface area (Å²) in [4.78, 5) is 38.6. The van der Waals surface area contributed by atoms with Crippen molar-refractivity contribution < 1.29 is 32.0 Å². The Morgan fingerprint density at radius 2 is 1.18 bits per heavy atom. The topological polar surface area (TPSA) is 91.3 Å². The van der Waals surface area contributed by atoms with E-state index in [1.54, 1.807) is 44.3 Å². The molecule has 0 saturated heterocycles. The fraction of sp³-hybridized carbons (Fsp3) is 0.121. The third-order valence-electron chi connectivity index (χ3n) is 6.16. The van der Waals surface area contributed by atoms with Crippen LogP contribution in [0.4, 0.5) is 0 Å². The van der Waals surface area contributed by atoms with Crippen molar-refractivity contribution in [1.29, 1.82) is 0 Å². The van der Waals surface area contributed by atoms with Crippen LogP contribution in [-0.2, 0) is 22.5 Å². The van der Waals surface area contributed by atoms with E-state index in [1.807, 2.05) is 36.4 Å². The van der Waals surface area contributed by atoms with Crippen molar-refractivity contribution in [2.24, 2.45) is 0 Å². The molecule has 5 aromatic rings. The molecule has 0 bridgehead atoms. The Bertz CT molecular complexity index is 1800. The molecule has 0 aliphatic heterocycles. The van der Waals surface area contributed by atoms with Crippen molar-refractivity contribution in [3.8, 4) is 22.8 Å². The van der Waals surface area contributed by atoms with Gasteiger partial charge >= 0.3 is 54.0 Å². The summed E-state index contributed by atoms with van der Waals surface area (Å²) >= 11 is -1.75. The minimum atomic E-state index is -1.75. The van der Waals surface area contributed by atoms with Crippen molar-refractivity contribution in [3.63, 3.8) is 0 Å². The zero-order valence-electron chi connectivity index (χ0n) is 23.7. The number of esters is 2. The number of fused-ring (bicyclic) bond motifs is 1. The van der Waals surface area contributed by atoms with Crippen LogP contribution in [-0.4, -0.2) is 40.1 Å². The summed E-state index contributed by atoms with van der Waals surface area (Å²) in [5.74, 6) is -0.943. The first-order chi connectivity index (χ1) is 21.3. The molecule has 0 radical (unpaired) electrons. The molecule has 5 rings (SSSR count). The molecule has 0 N–H and O–H groups in total. The summed E-state index contributed by atoms with van der Waals surface area (Å²) in [5.41, 5.74) is 4.54. The van der Waals surface area contributed by atoms with Crippen molar-refractivity contribution >= 4 is 63.9 Å². The van der Waals surface area contributed by atoms with E-state index in [-0.39, 0.29) is 13.2 Å². The number of ether oxygens (including phenoxy) is 2. The molecule has 3 heterocycles. The van der Waals surface area contributed by atoms with Gasteiger partial charge in [0.2, 0.25) is 0 Å². The maximum absolute atomic E-state index is 12.7. The summed E-state index contributed by atoms with van der Waals surface area (Å²) in [7, 11) is 14.8. The van der Waals surface area contributed by atoms with Gasteiger partial charge in [-0.15, -0.1) is 0 Å². The predicted octanol–water partition coefficient (Wildman–Crippen LogP) is 8.95. The number of hydrogen-bond acceptors (Lipinski definition) is 7. The van der Waals surface area contributed by atoms with Crippen LogP contribution in [0.15, 0.2) is 91.3 Å². The molecular formula is C33H27Cl3N3O4Ru. The van der Waals surface area contributed by atoms with Gasteiger partial charge in [-0.2, -0.15) is 0 Å². The van der Waals surface area contributed by atoms with Crippen LogP contribution in [0, 0.1) is 0 Å². The van der Waals surface area contributed by atoms with Gasteiger partial charge in [-0.25, -0.2) is 14.6 Å². The Hall–Kier alpha value is -3.68. The molecule has 3 aromatic heterocycles. The zero-order chi connectivity index (χ0) is 31.5. The van der Waals surface area contributed by atoms with Gasteiger partial charge in [-0.1, -0.05) is 48.6 Å². The van der Waals surface area contributed by atoms with Crippen LogP contribution in [0.2, 0.25) is 0 Å². The number of hydrogen-bond donors (Lipinski definition) is 0. The van der Waals surface area contributed by atoms with Crippen LogP contribution < -0.4 is 0 Å². The van der Waals surface area contributed by atoms with Gasteiger partial charge in [-0.05, 0) is 78.2 Å². The monoisotopic (exact) mass is 736 g/mol. The average Bonchev–Trinajstić information content (AvgIpc) is 3.03. The average molecular weight is 737 g/mol. The van der Waals surface area contributed by atoms with Crippen molar-refractivity contribution in [2.45, 2.75) is 13.8 Å². The Morgan fingerprint density at radius 3 is 1.82 bits per heavy atom. The molecule has 11 heteroatoms. The summed E-state index contributed by atoms with van der Waals surface area (Å²) in [6.45, 7) is 3.98. The third kappa shape index (κ3) is 9.41. The van der Waals surface area contributed by atoms with Crippen LogP contribution >= 0.6 is 29.1 Å². The van der Waals surface area contributed by atoms with Gasteiger partial charge in [-0.3, -0.25) is 9.97 Å². The number of halogens is 3. The van der Waals surface area contributed by atoms with E-state index in [9.17, 15) is 9.59 Å². The second-order valence-corrected chi connectivity index (χ2v) is 17.0. The fourth-order valence-corrected chi connectivity index (χ4v) is 4.23. The quantitative estimate of drug-likeness (QED) is 0.116. The van der Waals surface area contributed by atoms with E-state index < -0.39 is 24.9 Å². The maximum atomic E-state index is 12.7. The summed E-state index contributed by atoms with van der Waals surface area (Å²) in [5, 5.41) is 2.37. The molecular weight excluding hydrogens is 710 g/mol.